The largest absolute Gasteiger partial charge is 0.519 e. The van der Waals surface area contributed by atoms with Crippen LogP contribution in [0.5, 0.6) is 0 Å². The summed E-state index contributed by atoms with van der Waals surface area (Å²) in [6.07, 6.45) is 1.52. The monoisotopic (exact) mass is 236 g/mol. The Hall–Kier alpha value is -1.98. The molecule has 2 bridgehead atoms. The summed E-state index contributed by atoms with van der Waals surface area (Å²) in [6.45, 7) is 3.76. The van der Waals surface area contributed by atoms with Gasteiger partial charge in [0.2, 0.25) is 5.60 Å². The van der Waals surface area contributed by atoms with Crippen molar-refractivity contribution in [2.45, 2.75) is 30.0 Å². The predicted molar refractivity (Wildman–Crippen MR) is 51.4 cm³/mol. The zero-order valence-electron chi connectivity index (χ0n) is 8.73. The fourth-order valence-electron chi connectivity index (χ4n) is 3.26. The lowest BCUT2D eigenvalue weighted by Crippen LogP contribution is -2.32. The summed E-state index contributed by atoms with van der Waals surface area (Å²) in [5.74, 6) is -0.0829. The molecule has 2 fully saturated rings. The minimum Gasteiger partial charge on any atom is -0.426 e. The standard InChI is InChI=1S/C11H8O6/c1-2-10-3-5-11(4-10,17-9(13)14-5)7-6(10)15-8(12)16-7/h2,5H,1,3-4H2. The average molecular weight is 236 g/mol. The molecule has 2 heterocycles. The van der Waals surface area contributed by atoms with Crippen LogP contribution in [0.25, 0.3) is 0 Å². The van der Waals surface area contributed by atoms with Gasteiger partial charge in [-0.3, -0.25) is 0 Å². The number of fused-ring (bicyclic) bond motifs is 3. The Morgan fingerprint density at radius 3 is 2.82 bits per heavy atom. The molecule has 6 heteroatoms. The molecule has 2 aliphatic carbocycles. The number of hydrogen-bond donors (Lipinski definition) is 0. The predicted octanol–water partition coefficient (Wildman–Crippen LogP) is 1.19. The Morgan fingerprint density at radius 1 is 1.29 bits per heavy atom. The van der Waals surface area contributed by atoms with Crippen molar-refractivity contribution in [3.8, 4) is 0 Å². The minimum atomic E-state index is -0.993. The SMILES string of the molecule is C=CC12CC3OC(=O)OC3(C1)c1oc(=O)oc12. The first-order chi connectivity index (χ1) is 8.09. The summed E-state index contributed by atoms with van der Waals surface area (Å²) in [5.41, 5.74) is -1.51. The van der Waals surface area contributed by atoms with Gasteiger partial charge in [0.25, 0.3) is 0 Å². The topological polar surface area (TPSA) is 78.9 Å². The number of carbonyl (C=O) groups excluding carboxylic acids is 1. The minimum absolute atomic E-state index is 0.282. The van der Waals surface area contributed by atoms with Gasteiger partial charge >= 0.3 is 12.0 Å². The molecule has 1 aromatic heterocycles. The maximum atomic E-state index is 11.2. The molecule has 0 radical (unpaired) electrons. The molecule has 1 saturated carbocycles. The van der Waals surface area contributed by atoms with Crippen molar-refractivity contribution in [1.82, 2.24) is 0 Å². The first-order valence-corrected chi connectivity index (χ1v) is 5.28. The molecular weight excluding hydrogens is 228 g/mol. The van der Waals surface area contributed by atoms with Gasteiger partial charge in [-0.1, -0.05) is 6.08 Å². The van der Waals surface area contributed by atoms with E-state index in [1.165, 1.54) is 0 Å². The van der Waals surface area contributed by atoms with Crippen molar-refractivity contribution in [3.05, 3.63) is 34.8 Å². The van der Waals surface area contributed by atoms with Gasteiger partial charge in [-0.05, 0) is 0 Å². The Kier molecular flexibility index (Phi) is 1.24. The first kappa shape index (κ1) is 9.09. The summed E-state index contributed by atoms with van der Waals surface area (Å²) in [6, 6.07) is 0. The van der Waals surface area contributed by atoms with E-state index in [2.05, 4.69) is 6.58 Å². The molecule has 1 saturated heterocycles. The highest BCUT2D eigenvalue weighted by Gasteiger charge is 2.73. The summed E-state index contributed by atoms with van der Waals surface area (Å²) < 4.78 is 20.4. The molecular formula is C11H8O6. The quantitative estimate of drug-likeness (QED) is 0.538. The van der Waals surface area contributed by atoms with Gasteiger partial charge in [0.1, 0.15) is 0 Å². The maximum absolute atomic E-state index is 11.2. The van der Waals surface area contributed by atoms with Gasteiger partial charge in [0.05, 0.1) is 5.41 Å². The van der Waals surface area contributed by atoms with Crippen molar-refractivity contribution in [2.24, 2.45) is 0 Å². The smallest absolute Gasteiger partial charge is 0.426 e. The molecule has 88 valence electrons. The third-order valence-electron chi connectivity index (χ3n) is 3.96. The van der Waals surface area contributed by atoms with E-state index in [1.807, 2.05) is 0 Å². The molecule has 3 unspecified atom stereocenters. The van der Waals surface area contributed by atoms with Gasteiger partial charge in [-0.25, -0.2) is 9.59 Å². The maximum Gasteiger partial charge on any atom is 0.519 e. The average Bonchev–Trinajstić information content (AvgIpc) is 2.90. The highest BCUT2D eigenvalue weighted by Crippen LogP contribution is 2.64. The molecule has 0 aromatic carbocycles. The first-order valence-electron chi connectivity index (χ1n) is 5.28. The zero-order valence-corrected chi connectivity index (χ0v) is 8.73. The van der Waals surface area contributed by atoms with Crippen molar-refractivity contribution in [1.29, 1.82) is 0 Å². The van der Waals surface area contributed by atoms with E-state index >= 15 is 0 Å². The van der Waals surface area contributed by atoms with Crippen LogP contribution in [0.4, 0.5) is 4.79 Å². The molecule has 0 amide bonds. The van der Waals surface area contributed by atoms with Gasteiger partial charge < -0.3 is 18.3 Å². The van der Waals surface area contributed by atoms with Crippen LogP contribution in [-0.2, 0) is 20.5 Å². The lowest BCUT2D eigenvalue weighted by molar-refractivity contribution is 0.0260. The van der Waals surface area contributed by atoms with Gasteiger partial charge in [0.15, 0.2) is 17.6 Å². The van der Waals surface area contributed by atoms with E-state index in [-0.39, 0.29) is 5.76 Å². The number of carbonyl (C=O) groups is 1. The van der Waals surface area contributed by atoms with E-state index in [4.69, 9.17) is 18.3 Å². The molecule has 1 aromatic rings. The lowest BCUT2D eigenvalue weighted by Gasteiger charge is -2.22. The Morgan fingerprint density at radius 2 is 2.06 bits per heavy atom. The van der Waals surface area contributed by atoms with Crippen molar-refractivity contribution in [2.75, 3.05) is 0 Å². The number of ether oxygens (including phenoxy) is 2. The Labute approximate surface area is 94.8 Å². The van der Waals surface area contributed by atoms with Crippen LogP contribution in [-0.4, -0.2) is 12.3 Å². The molecule has 4 rings (SSSR count). The fourth-order valence-corrected chi connectivity index (χ4v) is 3.26. The fraction of sp³-hybridized carbons (Fsp3) is 0.455. The Bertz CT molecular complexity index is 610. The van der Waals surface area contributed by atoms with E-state index in [0.717, 1.165) is 0 Å². The van der Waals surface area contributed by atoms with Crippen LogP contribution in [0.15, 0.2) is 26.3 Å². The van der Waals surface area contributed by atoms with Crippen molar-refractivity contribution >= 4 is 6.16 Å². The summed E-state index contributed by atoms with van der Waals surface area (Å²) in [5, 5.41) is 0. The summed E-state index contributed by atoms with van der Waals surface area (Å²) in [7, 11) is 0. The molecule has 1 aliphatic heterocycles. The van der Waals surface area contributed by atoms with Crippen LogP contribution >= 0.6 is 0 Å². The van der Waals surface area contributed by atoms with Gasteiger partial charge in [-0.2, -0.15) is 0 Å². The van der Waals surface area contributed by atoms with Crippen LogP contribution < -0.4 is 5.82 Å². The van der Waals surface area contributed by atoms with E-state index in [1.54, 1.807) is 6.08 Å². The van der Waals surface area contributed by atoms with E-state index in [0.29, 0.717) is 18.6 Å². The third-order valence-corrected chi connectivity index (χ3v) is 3.96. The van der Waals surface area contributed by atoms with Gasteiger partial charge in [0, 0.05) is 12.8 Å². The highest BCUT2D eigenvalue weighted by molar-refractivity contribution is 5.66. The third kappa shape index (κ3) is 0.778. The summed E-state index contributed by atoms with van der Waals surface area (Å²) >= 11 is 0. The number of hydrogen-bond acceptors (Lipinski definition) is 6. The van der Waals surface area contributed by atoms with E-state index < -0.39 is 29.1 Å². The molecule has 3 atom stereocenters. The van der Waals surface area contributed by atoms with Crippen molar-refractivity contribution < 1.29 is 23.1 Å². The van der Waals surface area contributed by atoms with Crippen LogP contribution in [0.3, 0.4) is 0 Å². The molecule has 17 heavy (non-hydrogen) atoms. The zero-order chi connectivity index (χ0) is 11.8. The molecule has 0 N–H and O–H groups in total. The highest BCUT2D eigenvalue weighted by atomic mass is 16.8. The van der Waals surface area contributed by atoms with Crippen LogP contribution in [0.1, 0.15) is 24.4 Å². The Balaban J connectivity index is 2.03. The van der Waals surface area contributed by atoms with Crippen molar-refractivity contribution in [3.63, 3.8) is 0 Å². The number of allylic oxidation sites excluding steroid dienone is 1. The van der Waals surface area contributed by atoms with E-state index in [9.17, 15) is 9.59 Å². The second kappa shape index (κ2) is 2.32. The molecule has 1 spiro atoms. The second-order valence-corrected chi connectivity index (χ2v) is 4.70. The second-order valence-electron chi connectivity index (χ2n) is 4.70. The van der Waals surface area contributed by atoms with Crippen LogP contribution in [0, 0.1) is 0 Å². The normalized spacial score (nSPS) is 40.7. The van der Waals surface area contributed by atoms with Gasteiger partial charge in [-0.15, -0.1) is 6.58 Å². The lowest BCUT2D eigenvalue weighted by atomic mass is 9.84. The summed E-state index contributed by atoms with van der Waals surface area (Å²) in [4.78, 5) is 22.4. The molecule has 6 nitrogen and oxygen atoms in total. The molecule has 3 aliphatic rings. The van der Waals surface area contributed by atoms with Crippen LogP contribution in [0.2, 0.25) is 0 Å². The number of rotatable bonds is 1.